The molecule has 0 fully saturated rings. The van der Waals surface area contributed by atoms with E-state index in [0.717, 1.165) is 11.3 Å². The van der Waals surface area contributed by atoms with Crippen LogP contribution in [0.25, 0.3) is 11.3 Å². The van der Waals surface area contributed by atoms with Crippen molar-refractivity contribution in [3.05, 3.63) is 47.8 Å². The molecule has 0 bridgehead atoms. The number of rotatable bonds is 10. The maximum Gasteiger partial charge on any atom is 0.226 e. The number of carbonyl (C=O) groups excluding carboxylic acids is 1. The quantitative estimate of drug-likeness (QED) is 0.474. The van der Waals surface area contributed by atoms with Gasteiger partial charge in [-0.15, -0.1) is 11.3 Å². The van der Waals surface area contributed by atoms with Crippen molar-refractivity contribution in [2.24, 2.45) is 0 Å². The molecule has 0 saturated heterocycles. The Morgan fingerprint density at radius 1 is 0.967 bits per heavy atom. The number of nitrogens with one attached hydrogen (secondary N) is 1. The molecule has 1 N–H and O–H groups in total. The fourth-order valence-corrected chi connectivity index (χ4v) is 3.53. The van der Waals surface area contributed by atoms with Gasteiger partial charge in [0.2, 0.25) is 5.91 Å². The van der Waals surface area contributed by atoms with E-state index in [9.17, 15) is 4.79 Å². The molecule has 1 heterocycles. The van der Waals surface area contributed by atoms with Crippen molar-refractivity contribution in [3.63, 3.8) is 0 Å². The zero-order valence-electron chi connectivity index (χ0n) is 17.1. The topological polar surface area (TPSA) is 78.9 Å². The highest BCUT2D eigenvalue weighted by molar-refractivity contribution is 7.14. The minimum absolute atomic E-state index is 0.105. The lowest BCUT2D eigenvalue weighted by Gasteiger charge is -2.10. The fraction of sp³-hybridized carbons (Fsp3) is 0.273. The Labute approximate surface area is 179 Å². The normalized spacial score (nSPS) is 10.4. The zero-order chi connectivity index (χ0) is 21.3. The summed E-state index contributed by atoms with van der Waals surface area (Å²) in [4.78, 5) is 16.7. The molecule has 1 aromatic heterocycles. The molecule has 0 spiro atoms. The summed E-state index contributed by atoms with van der Waals surface area (Å²) in [5.41, 5.74) is 1.64. The van der Waals surface area contributed by atoms with Crippen LogP contribution in [-0.2, 0) is 4.79 Å². The molecule has 2 aromatic carbocycles. The summed E-state index contributed by atoms with van der Waals surface area (Å²) in [5, 5.41) is 5.28. The summed E-state index contributed by atoms with van der Waals surface area (Å²) in [7, 11) is 4.78. The van der Waals surface area contributed by atoms with Gasteiger partial charge in [-0.05, 0) is 36.8 Å². The molecule has 3 aromatic rings. The number of ether oxygens (including phenoxy) is 4. The van der Waals surface area contributed by atoms with Gasteiger partial charge in [0.1, 0.15) is 0 Å². The van der Waals surface area contributed by atoms with Gasteiger partial charge in [0.15, 0.2) is 28.1 Å². The Balaban J connectivity index is 1.50. The van der Waals surface area contributed by atoms with E-state index in [4.69, 9.17) is 18.9 Å². The van der Waals surface area contributed by atoms with Crippen LogP contribution in [0.15, 0.2) is 47.8 Å². The van der Waals surface area contributed by atoms with Gasteiger partial charge in [-0.1, -0.05) is 12.1 Å². The maximum absolute atomic E-state index is 12.2. The van der Waals surface area contributed by atoms with Gasteiger partial charge in [-0.3, -0.25) is 4.79 Å². The smallest absolute Gasteiger partial charge is 0.226 e. The zero-order valence-corrected chi connectivity index (χ0v) is 18.0. The van der Waals surface area contributed by atoms with Crippen molar-refractivity contribution < 1.29 is 23.7 Å². The van der Waals surface area contributed by atoms with Crippen LogP contribution in [0.5, 0.6) is 23.0 Å². The molecule has 0 unspecified atom stereocenters. The molecule has 1 amide bonds. The molecule has 7 nitrogen and oxygen atoms in total. The van der Waals surface area contributed by atoms with Crippen molar-refractivity contribution >= 4 is 22.4 Å². The van der Waals surface area contributed by atoms with Gasteiger partial charge in [-0.2, -0.15) is 0 Å². The molecule has 0 saturated carbocycles. The molecule has 8 heteroatoms. The number of methoxy groups -OCH3 is 3. The minimum atomic E-state index is -0.105. The summed E-state index contributed by atoms with van der Waals surface area (Å²) in [6.45, 7) is 0.419. The number of aromatic nitrogens is 1. The number of thiazole rings is 1. The van der Waals surface area contributed by atoms with E-state index >= 15 is 0 Å². The average Bonchev–Trinajstić information content (AvgIpc) is 3.24. The summed E-state index contributed by atoms with van der Waals surface area (Å²) < 4.78 is 21.5. The molecule has 3 rings (SSSR count). The second-order valence-corrected chi connectivity index (χ2v) is 7.12. The van der Waals surface area contributed by atoms with Gasteiger partial charge in [0, 0.05) is 17.4 Å². The van der Waals surface area contributed by atoms with Gasteiger partial charge < -0.3 is 24.3 Å². The van der Waals surface area contributed by atoms with Gasteiger partial charge in [-0.25, -0.2) is 4.98 Å². The van der Waals surface area contributed by atoms with Crippen molar-refractivity contribution in [2.45, 2.75) is 12.8 Å². The number of nitrogens with zero attached hydrogens (tertiary/aromatic N) is 1. The van der Waals surface area contributed by atoms with E-state index in [1.54, 1.807) is 21.3 Å². The Bertz CT molecular complexity index is 989. The van der Waals surface area contributed by atoms with Crippen LogP contribution in [-0.4, -0.2) is 38.8 Å². The van der Waals surface area contributed by atoms with Crippen molar-refractivity contribution in [1.29, 1.82) is 0 Å². The van der Waals surface area contributed by atoms with Crippen molar-refractivity contribution in [1.82, 2.24) is 4.98 Å². The molecule has 158 valence electrons. The largest absolute Gasteiger partial charge is 0.493 e. The molecular weight excluding hydrogens is 404 g/mol. The SMILES string of the molecule is COc1ccc(-c2csc(NC(=O)CCCOc3ccccc3OC)n2)cc1OC. The molecule has 30 heavy (non-hydrogen) atoms. The lowest BCUT2D eigenvalue weighted by atomic mass is 10.1. The first-order chi connectivity index (χ1) is 14.6. The summed E-state index contributed by atoms with van der Waals surface area (Å²) >= 11 is 1.37. The molecule has 0 atom stereocenters. The van der Waals surface area contributed by atoms with Gasteiger partial charge >= 0.3 is 0 Å². The predicted molar refractivity (Wildman–Crippen MR) is 117 cm³/mol. The van der Waals surface area contributed by atoms with Crippen molar-refractivity contribution in [3.8, 4) is 34.3 Å². The summed E-state index contributed by atoms with van der Waals surface area (Å²) in [6, 6.07) is 13.0. The molecule has 0 aliphatic carbocycles. The third-order valence-corrected chi connectivity index (χ3v) is 5.06. The van der Waals surface area contributed by atoms with Crippen LogP contribution in [0.3, 0.4) is 0 Å². The van der Waals surface area contributed by atoms with Crippen molar-refractivity contribution in [2.75, 3.05) is 33.3 Å². The molecular formula is C22H24N2O5S. The fourth-order valence-electron chi connectivity index (χ4n) is 2.79. The Kier molecular flexibility index (Phi) is 7.51. The van der Waals surface area contributed by atoms with Crippen LogP contribution < -0.4 is 24.3 Å². The number of hydrogen-bond donors (Lipinski definition) is 1. The van der Waals surface area contributed by atoms with E-state index < -0.39 is 0 Å². The Morgan fingerprint density at radius 3 is 2.40 bits per heavy atom. The number of anilines is 1. The first-order valence-electron chi connectivity index (χ1n) is 9.38. The highest BCUT2D eigenvalue weighted by Crippen LogP contribution is 2.33. The summed E-state index contributed by atoms with van der Waals surface area (Å²) in [5.74, 6) is 2.52. The van der Waals surface area contributed by atoms with E-state index in [1.165, 1.54) is 11.3 Å². The molecule has 0 aliphatic heterocycles. The lowest BCUT2D eigenvalue weighted by Crippen LogP contribution is -2.12. The first-order valence-corrected chi connectivity index (χ1v) is 10.3. The second-order valence-electron chi connectivity index (χ2n) is 6.26. The van der Waals surface area contributed by atoms with Crippen LogP contribution in [0, 0.1) is 0 Å². The highest BCUT2D eigenvalue weighted by Gasteiger charge is 2.11. The Morgan fingerprint density at radius 2 is 1.67 bits per heavy atom. The summed E-state index contributed by atoms with van der Waals surface area (Å²) in [6.07, 6.45) is 0.915. The van der Waals surface area contributed by atoms with Crippen LogP contribution in [0.4, 0.5) is 5.13 Å². The number of carbonyl (C=O) groups is 1. The number of para-hydroxylation sites is 2. The monoisotopic (exact) mass is 428 g/mol. The predicted octanol–water partition coefficient (Wildman–Crippen LogP) is 4.63. The highest BCUT2D eigenvalue weighted by atomic mass is 32.1. The van der Waals surface area contributed by atoms with E-state index in [-0.39, 0.29) is 5.91 Å². The number of amides is 1. The lowest BCUT2D eigenvalue weighted by molar-refractivity contribution is -0.116. The van der Waals surface area contributed by atoms with Gasteiger partial charge in [0.05, 0.1) is 33.6 Å². The van der Waals surface area contributed by atoms with Gasteiger partial charge in [0.25, 0.3) is 0 Å². The number of hydrogen-bond acceptors (Lipinski definition) is 7. The van der Waals surface area contributed by atoms with E-state index in [0.29, 0.717) is 47.6 Å². The Hall–Kier alpha value is -3.26. The van der Waals surface area contributed by atoms with Crippen LogP contribution in [0.2, 0.25) is 0 Å². The average molecular weight is 429 g/mol. The molecule has 0 aliphatic rings. The standard InChI is InChI=1S/C22H24N2O5S/c1-26-17-7-4-5-8-19(17)29-12-6-9-21(25)24-22-23-16(14-30-22)15-10-11-18(27-2)20(13-15)28-3/h4-5,7-8,10-11,13-14H,6,9,12H2,1-3H3,(H,23,24,25). The van der Waals surface area contributed by atoms with E-state index in [1.807, 2.05) is 47.8 Å². The van der Waals surface area contributed by atoms with E-state index in [2.05, 4.69) is 10.3 Å². The second kappa shape index (κ2) is 10.5. The van der Waals surface area contributed by atoms with Crippen LogP contribution >= 0.6 is 11.3 Å². The minimum Gasteiger partial charge on any atom is -0.493 e. The number of benzene rings is 2. The third kappa shape index (κ3) is 5.42. The molecule has 0 radical (unpaired) electrons. The maximum atomic E-state index is 12.2. The first kappa shape index (κ1) is 21.4. The van der Waals surface area contributed by atoms with Crippen LogP contribution in [0.1, 0.15) is 12.8 Å². The third-order valence-electron chi connectivity index (χ3n) is 4.30.